The first kappa shape index (κ1) is 13.6. The van der Waals surface area contributed by atoms with Crippen LogP contribution in [0.1, 0.15) is 18.7 Å². The summed E-state index contributed by atoms with van der Waals surface area (Å²) >= 11 is 1.63. The van der Waals surface area contributed by atoms with Crippen molar-refractivity contribution in [3.8, 4) is 16.3 Å². The van der Waals surface area contributed by atoms with Gasteiger partial charge in [-0.2, -0.15) is 0 Å². The number of rotatable bonds is 4. The van der Waals surface area contributed by atoms with Crippen LogP contribution in [0.5, 0.6) is 5.75 Å². The Morgan fingerprint density at radius 2 is 2.21 bits per heavy atom. The molecular weight excluding hydrogens is 256 g/mol. The summed E-state index contributed by atoms with van der Waals surface area (Å²) in [6, 6.07) is 5.67. The molecule has 1 aromatic heterocycles. The largest absolute Gasteiger partial charge is 0.504 e. The summed E-state index contributed by atoms with van der Waals surface area (Å²) in [6.45, 7) is 14.1. The number of aromatic nitrogens is 1. The van der Waals surface area contributed by atoms with Gasteiger partial charge in [-0.3, -0.25) is 0 Å². The van der Waals surface area contributed by atoms with Crippen LogP contribution in [0.15, 0.2) is 24.4 Å². The van der Waals surface area contributed by atoms with Crippen molar-refractivity contribution in [3.05, 3.63) is 40.7 Å². The van der Waals surface area contributed by atoms with Gasteiger partial charge in [-0.05, 0) is 25.0 Å². The van der Waals surface area contributed by atoms with E-state index >= 15 is 0 Å². The van der Waals surface area contributed by atoms with Gasteiger partial charge >= 0.3 is 0 Å². The van der Waals surface area contributed by atoms with Crippen LogP contribution in [-0.4, -0.2) is 11.6 Å². The van der Waals surface area contributed by atoms with Crippen molar-refractivity contribution in [2.24, 2.45) is 5.92 Å². The Morgan fingerprint density at radius 1 is 1.42 bits per heavy atom. The van der Waals surface area contributed by atoms with E-state index in [1.54, 1.807) is 11.3 Å². The number of hydrogen-bond donors (Lipinski definition) is 0. The summed E-state index contributed by atoms with van der Waals surface area (Å²) < 4.78 is 5.65. The Kier molecular flexibility index (Phi) is 4.18. The van der Waals surface area contributed by atoms with Crippen molar-refractivity contribution in [2.45, 2.75) is 20.8 Å². The SMILES string of the molecule is [C-]#[N+]c1cc(-c2ncc(C)s2)ccc1OCC(C)C. The van der Waals surface area contributed by atoms with Crippen LogP contribution in [-0.2, 0) is 0 Å². The molecule has 0 N–H and O–H groups in total. The standard InChI is InChI=1S/C15H16N2OS/c1-10(2)9-18-14-6-5-12(7-13(14)16-4)15-17-8-11(3)19-15/h5-8,10H,9H2,1-3H3. The summed E-state index contributed by atoms with van der Waals surface area (Å²) in [5, 5.41) is 0.942. The first-order valence-electron chi connectivity index (χ1n) is 6.17. The summed E-state index contributed by atoms with van der Waals surface area (Å²) in [7, 11) is 0. The van der Waals surface area contributed by atoms with Gasteiger partial charge in [0.25, 0.3) is 0 Å². The van der Waals surface area contributed by atoms with E-state index in [9.17, 15) is 0 Å². The molecule has 98 valence electrons. The van der Waals surface area contributed by atoms with Gasteiger partial charge < -0.3 is 4.74 Å². The first-order chi connectivity index (χ1) is 9.10. The second kappa shape index (κ2) is 5.85. The normalized spacial score (nSPS) is 10.5. The minimum Gasteiger partial charge on any atom is -0.504 e. The number of hydrogen-bond acceptors (Lipinski definition) is 3. The molecule has 1 heterocycles. The molecule has 0 saturated heterocycles. The van der Waals surface area contributed by atoms with Crippen LogP contribution in [0.2, 0.25) is 0 Å². The highest BCUT2D eigenvalue weighted by Crippen LogP contribution is 2.34. The van der Waals surface area contributed by atoms with E-state index < -0.39 is 0 Å². The van der Waals surface area contributed by atoms with Crippen LogP contribution in [0.3, 0.4) is 0 Å². The molecule has 0 unspecified atom stereocenters. The van der Waals surface area contributed by atoms with Crippen LogP contribution in [0.25, 0.3) is 15.4 Å². The summed E-state index contributed by atoms with van der Waals surface area (Å²) in [6.07, 6.45) is 1.85. The molecule has 4 heteroatoms. The lowest BCUT2D eigenvalue weighted by molar-refractivity contribution is 0.272. The van der Waals surface area contributed by atoms with Crippen molar-refractivity contribution in [1.82, 2.24) is 4.98 Å². The highest BCUT2D eigenvalue weighted by molar-refractivity contribution is 7.14. The van der Waals surface area contributed by atoms with Gasteiger partial charge in [0.05, 0.1) is 13.2 Å². The summed E-state index contributed by atoms with van der Waals surface area (Å²) in [4.78, 5) is 9.05. The van der Waals surface area contributed by atoms with Gasteiger partial charge in [0, 0.05) is 16.6 Å². The van der Waals surface area contributed by atoms with Crippen molar-refractivity contribution in [1.29, 1.82) is 0 Å². The molecule has 0 aliphatic heterocycles. The molecule has 0 radical (unpaired) electrons. The summed E-state index contributed by atoms with van der Waals surface area (Å²) in [5.41, 5.74) is 1.52. The highest BCUT2D eigenvalue weighted by Gasteiger charge is 2.09. The Balaban J connectivity index is 2.28. The minimum atomic E-state index is 0.444. The van der Waals surface area contributed by atoms with Crippen LogP contribution < -0.4 is 4.74 Å². The molecule has 0 amide bonds. The lowest BCUT2D eigenvalue weighted by Crippen LogP contribution is -2.04. The van der Waals surface area contributed by atoms with E-state index in [0.29, 0.717) is 24.0 Å². The Labute approximate surface area is 117 Å². The Bertz CT molecular complexity index is 611. The molecule has 2 aromatic rings. The van der Waals surface area contributed by atoms with E-state index in [-0.39, 0.29) is 0 Å². The second-order valence-corrected chi connectivity index (χ2v) is 6.01. The topological polar surface area (TPSA) is 26.5 Å². The van der Waals surface area contributed by atoms with E-state index in [0.717, 1.165) is 10.6 Å². The fourth-order valence-corrected chi connectivity index (χ4v) is 2.37. The quantitative estimate of drug-likeness (QED) is 0.754. The van der Waals surface area contributed by atoms with Gasteiger partial charge in [0.2, 0.25) is 5.69 Å². The van der Waals surface area contributed by atoms with E-state index in [4.69, 9.17) is 11.3 Å². The van der Waals surface area contributed by atoms with Crippen molar-refractivity contribution in [2.75, 3.05) is 6.61 Å². The number of aryl methyl sites for hydroxylation is 1. The molecule has 0 fully saturated rings. The van der Waals surface area contributed by atoms with Gasteiger partial charge in [0.1, 0.15) is 10.8 Å². The maximum atomic E-state index is 7.26. The fourth-order valence-electron chi connectivity index (χ4n) is 1.60. The lowest BCUT2D eigenvalue weighted by Gasteiger charge is -2.10. The number of ether oxygens (including phenoxy) is 1. The monoisotopic (exact) mass is 272 g/mol. The van der Waals surface area contributed by atoms with Crippen LogP contribution >= 0.6 is 11.3 Å². The van der Waals surface area contributed by atoms with Gasteiger partial charge in [-0.25, -0.2) is 9.83 Å². The zero-order valence-corrected chi connectivity index (χ0v) is 12.1. The molecule has 0 bridgehead atoms. The second-order valence-electron chi connectivity index (χ2n) is 4.78. The molecule has 0 saturated carbocycles. The zero-order valence-electron chi connectivity index (χ0n) is 11.3. The average molecular weight is 272 g/mol. The van der Waals surface area contributed by atoms with E-state index in [1.807, 2.05) is 31.3 Å². The molecule has 19 heavy (non-hydrogen) atoms. The van der Waals surface area contributed by atoms with Crippen LogP contribution in [0.4, 0.5) is 5.69 Å². The Morgan fingerprint density at radius 3 is 2.79 bits per heavy atom. The number of thiazole rings is 1. The van der Waals surface area contributed by atoms with Crippen LogP contribution in [0, 0.1) is 19.4 Å². The minimum absolute atomic E-state index is 0.444. The molecule has 0 spiro atoms. The van der Waals surface area contributed by atoms with E-state index in [2.05, 4.69) is 23.7 Å². The molecular formula is C15H16N2OS. The third-order valence-corrected chi connectivity index (χ3v) is 3.48. The lowest BCUT2D eigenvalue weighted by atomic mass is 10.2. The van der Waals surface area contributed by atoms with E-state index in [1.165, 1.54) is 4.88 Å². The molecule has 3 nitrogen and oxygen atoms in total. The maximum absolute atomic E-state index is 7.26. The molecule has 0 aliphatic rings. The number of nitrogens with zero attached hydrogens (tertiary/aromatic N) is 2. The number of benzene rings is 1. The predicted octanol–water partition coefficient (Wildman–Crippen LogP) is 4.70. The van der Waals surface area contributed by atoms with Crippen molar-refractivity contribution >= 4 is 17.0 Å². The third-order valence-electron chi connectivity index (χ3n) is 2.52. The molecule has 1 aromatic carbocycles. The molecule has 0 aliphatic carbocycles. The van der Waals surface area contributed by atoms with Crippen molar-refractivity contribution < 1.29 is 4.74 Å². The maximum Gasteiger partial charge on any atom is 0.228 e. The summed E-state index contributed by atoms with van der Waals surface area (Å²) in [5.74, 6) is 1.10. The fraction of sp³-hybridized carbons (Fsp3) is 0.333. The molecule has 2 rings (SSSR count). The van der Waals surface area contributed by atoms with Gasteiger partial charge in [-0.1, -0.05) is 19.9 Å². The third kappa shape index (κ3) is 3.33. The zero-order chi connectivity index (χ0) is 13.8. The van der Waals surface area contributed by atoms with Gasteiger partial charge in [-0.15, -0.1) is 11.3 Å². The predicted molar refractivity (Wildman–Crippen MR) is 78.9 cm³/mol. The van der Waals surface area contributed by atoms with Gasteiger partial charge in [0.15, 0.2) is 0 Å². The van der Waals surface area contributed by atoms with Crippen molar-refractivity contribution in [3.63, 3.8) is 0 Å². The smallest absolute Gasteiger partial charge is 0.228 e. The molecule has 0 atom stereocenters. The Hall–Kier alpha value is -1.86. The first-order valence-corrected chi connectivity index (χ1v) is 6.99. The average Bonchev–Trinajstić information content (AvgIpc) is 2.82. The highest BCUT2D eigenvalue weighted by atomic mass is 32.1.